The lowest BCUT2D eigenvalue weighted by atomic mass is 10.2. The summed E-state index contributed by atoms with van der Waals surface area (Å²) in [4.78, 5) is 48.8. The van der Waals surface area contributed by atoms with E-state index in [0.717, 1.165) is 16.2 Å². The highest BCUT2D eigenvalue weighted by molar-refractivity contribution is 8.00. The monoisotopic (exact) mass is 413 g/mol. The van der Waals surface area contributed by atoms with Crippen molar-refractivity contribution in [2.75, 3.05) is 10.2 Å². The Bertz CT molecular complexity index is 944. The number of anilines is 2. The van der Waals surface area contributed by atoms with Gasteiger partial charge < -0.3 is 5.32 Å². The van der Waals surface area contributed by atoms with Gasteiger partial charge >= 0.3 is 0 Å². The topological polar surface area (TPSA) is 110 Å². The molecule has 3 rings (SSSR count). The van der Waals surface area contributed by atoms with Gasteiger partial charge in [-0.1, -0.05) is 6.92 Å². The van der Waals surface area contributed by atoms with Gasteiger partial charge in [-0.2, -0.15) is 0 Å². The molecule has 1 heterocycles. The highest BCUT2D eigenvalue weighted by Gasteiger charge is 2.40. The molecule has 1 fully saturated rings. The fraction of sp³-hybridized carbons (Fsp3) is 0.250. The van der Waals surface area contributed by atoms with E-state index < -0.39 is 10.2 Å². The quantitative estimate of drug-likeness (QED) is 0.420. The molecule has 1 aliphatic rings. The second-order valence-electron chi connectivity index (χ2n) is 6.47. The second kappa shape index (κ2) is 8.87. The number of nitro groups is 1. The number of nitro benzene ring substituents is 1. The Morgan fingerprint density at radius 2 is 1.83 bits per heavy atom. The molecule has 150 valence electrons. The van der Waals surface area contributed by atoms with Crippen LogP contribution >= 0.6 is 11.8 Å². The van der Waals surface area contributed by atoms with Gasteiger partial charge in [0.15, 0.2) is 0 Å². The molecule has 0 aliphatic carbocycles. The van der Waals surface area contributed by atoms with Crippen LogP contribution in [0.4, 0.5) is 17.1 Å². The van der Waals surface area contributed by atoms with Gasteiger partial charge in [0.2, 0.25) is 17.7 Å². The molecule has 1 aliphatic heterocycles. The number of hydrogen-bond donors (Lipinski definition) is 1. The number of imide groups is 1. The molecule has 1 N–H and O–H groups in total. The van der Waals surface area contributed by atoms with Crippen molar-refractivity contribution in [3.8, 4) is 0 Å². The lowest BCUT2D eigenvalue weighted by molar-refractivity contribution is -0.384. The van der Waals surface area contributed by atoms with E-state index in [9.17, 15) is 24.5 Å². The van der Waals surface area contributed by atoms with E-state index in [-0.39, 0.29) is 29.8 Å². The lowest BCUT2D eigenvalue weighted by Crippen LogP contribution is -2.31. The summed E-state index contributed by atoms with van der Waals surface area (Å²) in [5.41, 5.74) is 0.890. The van der Waals surface area contributed by atoms with Crippen LogP contribution in [0.15, 0.2) is 53.4 Å². The molecule has 8 nitrogen and oxygen atoms in total. The maximum Gasteiger partial charge on any atom is 0.269 e. The van der Waals surface area contributed by atoms with Crippen molar-refractivity contribution >= 4 is 46.5 Å². The Hall–Kier alpha value is -3.20. The van der Waals surface area contributed by atoms with Gasteiger partial charge in [-0.05, 0) is 42.8 Å². The van der Waals surface area contributed by atoms with Crippen molar-refractivity contribution in [2.45, 2.75) is 36.3 Å². The fourth-order valence-electron chi connectivity index (χ4n) is 2.92. The van der Waals surface area contributed by atoms with Crippen molar-refractivity contribution < 1.29 is 19.3 Å². The molecule has 2 aromatic carbocycles. The molecular weight excluding hydrogens is 394 g/mol. The van der Waals surface area contributed by atoms with Crippen LogP contribution in [0.5, 0.6) is 0 Å². The number of thioether (sulfide) groups is 1. The Morgan fingerprint density at radius 3 is 2.41 bits per heavy atom. The summed E-state index contributed by atoms with van der Waals surface area (Å²) in [7, 11) is 0. The molecule has 9 heteroatoms. The van der Waals surface area contributed by atoms with Gasteiger partial charge in [-0.3, -0.25) is 24.5 Å². The maximum absolute atomic E-state index is 12.7. The summed E-state index contributed by atoms with van der Waals surface area (Å²) in [5, 5.41) is 13.0. The van der Waals surface area contributed by atoms with Crippen LogP contribution in [0, 0.1) is 10.1 Å². The summed E-state index contributed by atoms with van der Waals surface area (Å²) < 4.78 is 0. The number of hydrogen-bond acceptors (Lipinski definition) is 6. The van der Waals surface area contributed by atoms with Crippen molar-refractivity contribution in [1.82, 2.24) is 0 Å². The molecule has 29 heavy (non-hydrogen) atoms. The van der Waals surface area contributed by atoms with E-state index in [1.54, 1.807) is 24.3 Å². The van der Waals surface area contributed by atoms with Gasteiger partial charge in [0, 0.05) is 35.6 Å². The van der Waals surface area contributed by atoms with E-state index in [1.807, 2.05) is 6.92 Å². The molecule has 0 spiro atoms. The first kappa shape index (κ1) is 20.5. The first-order valence-corrected chi connectivity index (χ1v) is 9.95. The third kappa shape index (κ3) is 4.80. The number of rotatable bonds is 7. The zero-order valence-electron chi connectivity index (χ0n) is 15.7. The van der Waals surface area contributed by atoms with Gasteiger partial charge in [-0.15, -0.1) is 11.8 Å². The second-order valence-corrected chi connectivity index (χ2v) is 7.75. The fourth-order valence-corrected chi connectivity index (χ4v) is 3.98. The van der Waals surface area contributed by atoms with Crippen LogP contribution in [0.2, 0.25) is 0 Å². The molecule has 1 unspecified atom stereocenters. The summed E-state index contributed by atoms with van der Waals surface area (Å²) >= 11 is 1.27. The van der Waals surface area contributed by atoms with E-state index in [2.05, 4.69) is 5.32 Å². The van der Waals surface area contributed by atoms with Crippen molar-refractivity contribution in [3.05, 3.63) is 58.6 Å². The largest absolute Gasteiger partial charge is 0.326 e. The SMILES string of the molecule is CCCC(=O)Nc1ccc(SC2CC(=O)N(c3ccc([N+](=O)[O-])cc3)C2=O)cc1. The van der Waals surface area contributed by atoms with Crippen LogP contribution in [0.3, 0.4) is 0 Å². The number of carbonyl (C=O) groups excluding carboxylic acids is 3. The van der Waals surface area contributed by atoms with E-state index >= 15 is 0 Å². The molecule has 1 saturated heterocycles. The van der Waals surface area contributed by atoms with Crippen LogP contribution < -0.4 is 10.2 Å². The van der Waals surface area contributed by atoms with Crippen molar-refractivity contribution in [3.63, 3.8) is 0 Å². The molecule has 0 bridgehead atoms. The minimum atomic E-state index is -0.571. The first-order chi connectivity index (χ1) is 13.9. The average molecular weight is 413 g/mol. The Balaban J connectivity index is 1.66. The normalized spacial score (nSPS) is 16.2. The van der Waals surface area contributed by atoms with Crippen molar-refractivity contribution in [2.24, 2.45) is 0 Å². The average Bonchev–Trinajstić information content (AvgIpc) is 2.97. The van der Waals surface area contributed by atoms with E-state index in [0.29, 0.717) is 17.8 Å². The Labute approximate surface area is 171 Å². The van der Waals surface area contributed by atoms with Crippen LogP contribution in [-0.4, -0.2) is 27.9 Å². The number of benzene rings is 2. The highest BCUT2D eigenvalue weighted by atomic mass is 32.2. The number of non-ortho nitro benzene ring substituents is 1. The summed E-state index contributed by atoms with van der Waals surface area (Å²) in [6, 6.07) is 12.4. The predicted molar refractivity (Wildman–Crippen MR) is 110 cm³/mol. The zero-order chi connectivity index (χ0) is 21.0. The predicted octanol–water partition coefficient (Wildman–Crippen LogP) is 3.76. The minimum absolute atomic E-state index is 0.0511. The lowest BCUT2D eigenvalue weighted by Gasteiger charge is -2.14. The molecule has 2 aromatic rings. The first-order valence-electron chi connectivity index (χ1n) is 9.07. The van der Waals surface area contributed by atoms with Gasteiger partial charge in [0.1, 0.15) is 0 Å². The Kier molecular flexibility index (Phi) is 6.28. The number of amides is 3. The summed E-state index contributed by atoms with van der Waals surface area (Å²) in [6.45, 7) is 1.93. The number of nitrogens with zero attached hydrogens (tertiary/aromatic N) is 2. The minimum Gasteiger partial charge on any atom is -0.326 e. The smallest absolute Gasteiger partial charge is 0.269 e. The molecule has 3 amide bonds. The third-order valence-electron chi connectivity index (χ3n) is 4.32. The van der Waals surface area contributed by atoms with Gasteiger partial charge in [0.05, 0.1) is 15.9 Å². The van der Waals surface area contributed by atoms with E-state index in [4.69, 9.17) is 0 Å². The number of nitrogens with one attached hydrogen (secondary N) is 1. The molecule has 0 saturated carbocycles. The van der Waals surface area contributed by atoms with Gasteiger partial charge in [-0.25, -0.2) is 4.90 Å². The third-order valence-corrected chi connectivity index (χ3v) is 5.51. The Morgan fingerprint density at radius 1 is 1.17 bits per heavy atom. The summed E-state index contributed by atoms with van der Waals surface area (Å²) in [6.07, 6.45) is 1.27. The van der Waals surface area contributed by atoms with Crippen LogP contribution in [0.1, 0.15) is 26.2 Å². The molecule has 1 atom stereocenters. The van der Waals surface area contributed by atoms with E-state index in [1.165, 1.54) is 36.0 Å². The maximum atomic E-state index is 12.7. The zero-order valence-corrected chi connectivity index (χ0v) is 16.5. The van der Waals surface area contributed by atoms with Gasteiger partial charge in [0.25, 0.3) is 5.69 Å². The molecule has 0 aromatic heterocycles. The van der Waals surface area contributed by atoms with Crippen LogP contribution in [-0.2, 0) is 14.4 Å². The summed E-state index contributed by atoms with van der Waals surface area (Å²) in [5.74, 6) is -0.748. The molecule has 0 radical (unpaired) electrons. The van der Waals surface area contributed by atoms with Crippen LogP contribution in [0.25, 0.3) is 0 Å². The highest BCUT2D eigenvalue weighted by Crippen LogP contribution is 2.34. The molecular formula is C20H19N3O5S. The van der Waals surface area contributed by atoms with Crippen molar-refractivity contribution in [1.29, 1.82) is 0 Å². The number of carbonyl (C=O) groups is 3. The standard InChI is InChI=1S/C20H19N3O5S/c1-2-3-18(24)21-13-4-10-16(11-5-13)29-17-12-19(25)22(20(17)26)14-6-8-15(9-7-14)23(27)28/h4-11,17H,2-3,12H2,1H3,(H,21,24).